The molecular weight excluding hydrogens is 427 g/mol. The highest BCUT2D eigenvalue weighted by Gasteiger charge is 2.22. The Kier molecular flexibility index (Phi) is 6.58. The summed E-state index contributed by atoms with van der Waals surface area (Å²) in [5, 5.41) is 4.41. The summed E-state index contributed by atoms with van der Waals surface area (Å²) in [7, 11) is 3.12. The Labute approximate surface area is 190 Å². The second-order valence-electron chi connectivity index (χ2n) is 7.62. The zero-order valence-electron chi connectivity index (χ0n) is 18.5. The molecule has 2 aromatic carbocycles. The molecule has 0 radical (unpaired) electrons. The number of ether oxygens (including phenoxy) is 2. The number of methoxy groups -OCH3 is 2. The van der Waals surface area contributed by atoms with Gasteiger partial charge in [-0.15, -0.1) is 0 Å². The summed E-state index contributed by atoms with van der Waals surface area (Å²) in [5.41, 5.74) is 1.71. The highest BCUT2D eigenvalue weighted by atomic mass is 19.1. The van der Waals surface area contributed by atoms with Crippen molar-refractivity contribution < 1.29 is 18.7 Å². The van der Waals surface area contributed by atoms with Crippen molar-refractivity contribution in [1.29, 1.82) is 0 Å². The summed E-state index contributed by atoms with van der Waals surface area (Å²) in [5.74, 6) is 0.745. The molecule has 1 saturated heterocycles. The summed E-state index contributed by atoms with van der Waals surface area (Å²) in [6, 6.07) is 14.6. The van der Waals surface area contributed by atoms with Crippen LogP contribution in [0, 0.1) is 5.82 Å². The Morgan fingerprint density at radius 1 is 0.970 bits per heavy atom. The van der Waals surface area contributed by atoms with E-state index in [4.69, 9.17) is 9.47 Å². The molecule has 9 heteroatoms. The predicted molar refractivity (Wildman–Crippen MR) is 122 cm³/mol. The fourth-order valence-electron chi connectivity index (χ4n) is 3.81. The van der Waals surface area contributed by atoms with E-state index in [1.165, 1.54) is 22.9 Å². The van der Waals surface area contributed by atoms with Crippen LogP contribution in [-0.4, -0.2) is 61.0 Å². The molecule has 4 rings (SSSR count). The van der Waals surface area contributed by atoms with E-state index in [1.54, 1.807) is 55.5 Å². The van der Waals surface area contributed by atoms with Gasteiger partial charge < -0.3 is 19.3 Å². The number of piperazine rings is 1. The van der Waals surface area contributed by atoms with Crippen molar-refractivity contribution in [3.05, 3.63) is 70.8 Å². The molecule has 0 saturated carbocycles. The van der Waals surface area contributed by atoms with Gasteiger partial charge in [0.1, 0.15) is 23.9 Å². The quantitative estimate of drug-likeness (QED) is 0.572. The van der Waals surface area contributed by atoms with Gasteiger partial charge in [0.15, 0.2) is 0 Å². The Balaban J connectivity index is 1.47. The summed E-state index contributed by atoms with van der Waals surface area (Å²) in [6.07, 6.45) is 0. The minimum atomic E-state index is -0.362. The summed E-state index contributed by atoms with van der Waals surface area (Å²) >= 11 is 0. The van der Waals surface area contributed by atoms with E-state index in [0.29, 0.717) is 48.9 Å². The van der Waals surface area contributed by atoms with Crippen LogP contribution in [0.3, 0.4) is 0 Å². The van der Waals surface area contributed by atoms with Crippen molar-refractivity contribution in [1.82, 2.24) is 14.7 Å². The van der Waals surface area contributed by atoms with Gasteiger partial charge in [-0.25, -0.2) is 9.07 Å². The largest absolute Gasteiger partial charge is 0.497 e. The van der Waals surface area contributed by atoms with Crippen LogP contribution in [0.5, 0.6) is 11.5 Å². The van der Waals surface area contributed by atoms with Crippen molar-refractivity contribution in [2.45, 2.75) is 6.54 Å². The number of hydrogen-bond donors (Lipinski definition) is 0. The van der Waals surface area contributed by atoms with Crippen LogP contribution in [0.15, 0.2) is 59.4 Å². The number of carbonyl (C=O) groups excluding carboxylic acids is 1. The summed E-state index contributed by atoms with van der Waals surface area (Å²) in [4.78, 5) is 29.1. The fraction of sp³-hybridized carbons (Fsp3) is 0.292. The van der Waals surface area contributed by atoms with Crippen molar-refractivity contribution >= 4 is 11.6 Å². The number of hydrogen-bond acceptors (Lipinski definition) is 6. The van der Waals surface area contributed by atoms with E-state index in [2.05, 4.69) is 10.00 Å². The van der Waals surface area contributed by atoms with Crippen LogP contribution in [0.4, 0.5) is 10.1 Å². The number of rotatable bonds is 6. The molecule has 1 aliphatic rings. The van der Waals surface area contributed by atoms with Gasteiger partial charge in [-0.05, 0) is 48.5 Å². The second kappa shape index (κ2) is 9.72. The Bertz CT molecular complexity index is 1190. The number of amides is 1. The van der Waals surface area contributed by atoms with E-state index in [-0.39, 0.29) is 23.8 Å². The highest BCUT2D eigenvalue weighted by molar-refractivity contribution is 5.76. The van der Waals surface area contributed by atoms with Gasteiger partial charge in [0, 0.05) is 43.5 Å². The number of halogens is 1. The van der Waals surface area contributed by atoms with Gasteiger partial charge in [0.05, 0.1) is 19.9 Å². The van der Waals surface area contributed by atoms with Gasteiger partial charge in [-0.2, -0.15) is 5.10 Å². The molecule has 172 valence electrons. The van der Waals surface area contributed by atoms with Crippen LogP contribution in [0.1, 0.15) is 0 Å². The number of nitrogens with zero attached hydrogens (tertiary/aromatic N) is 4. The average molecular weight is 452 g/mol. The van der Waals surface area contributed by atoms with Crippen LogP contribution in [-0.2, 0) is 11.3 Å². The molecule has 2 heterocycles. The molecule has 8 nitrogen and oxygen atoms in total. The summed E-state index contributed by atoms with van der Waals surface area (Å²) in [6.45, 7) is 2.11. The van der Waals surface area contributed by atoms with E-state index < -0.39 is 0 Å². The molecule has 0 spiro atoms. The Hall–Kier alpha value is -3.88. The van der Waals surface area contributed by atoms with Gasteiger partial charge >= 0.3 is 0 Å². The molecule has 0 N–H and O–H groups in total. The average Bonchev–Trinajstić information content (AvgIpc) is 2.85. The third-order valence-corrected chi connectivity index (χ3v) is 5.66. The van der Waals surface area contributed by atoms with Crippen molar-refractivity contribution in [3.63, 3.8) is 0 Å². The lowest BCUT2D eigenvalue weighted by Crippen LogP contribution is -2.50. The topological polar surface area (TPSA) is 76.9 Å². The Morgan fingerprint density at radius 3 is 2.36 bits per heavy atom. The molecule has 1 fully saturated rings. The maximum absolute atomic E-state index is 13.2. The lowest BCUT2D eigenvalue weighted by atomic mass is 10.1. The standard InChI is InChI=1S/C24H25FN4O4/c1-32-19-7-9-22(33-2)20(15-19)21-8-10-23(30)29(26-21)16-24(31)28-13-11-27(12-14-28)18-5-3-17(25)4-6-18/h3-10,15H,11-14,16H2,1-2H3. The molecule has 0 atom stereocenters. The van der Waals surface area contributed by atoms with Gasteiger partial charge in [0.25, 0.3) is 5.56 Å². The molecular formula is C24H25FN4O4. The van der Waals surface area contributed by atoms with Crippen LogP contribution in [0.2, 0.25) is 0 Å². The zero-order valence-corrected chi connectivity index (χ0v) is 18.5. The molecule has 3 aromatic rings. The van der Waals surface area contributed by atoms with E-state index >= 15 is 0 Å². The van der Waals surface area contributed by atoms with E-state index in [1.807, 2.05) is 0 Å². The van der Waals surface area contributed by atoms with Gasteiger partial charge in [-0.1, -0.05) is 0 Å². The van der Waals surface area contributed by atoms with Crippen LogP contribution >= 0.6 is 0 Å². The maximum atomic E-state index is 13.2. The number of aromatic nitrogens is 2. The third-order valence-electron chi connectivity index (χ3n) is 5.66. The van der Waals surface area contributed by atoms with Gasteiger partial charge in [0.2, 0.25) is 5.91 Å². The molecule has 1 aromatic heterocycles. The van der Waals surface area contributed by atoms with E-state index in [0.717, 1.165) is 5.69 Å². The monoisotopic (exact) mass is 452 g/mol. The van der Waals surface area contributed by atoms with Crippen LogP contribution < -0.4 is 19.9 Å². The zero-order chi connectivity index (χ0) is 23.4. The Morgan fingerprint density at radius 2 is 1.70 bits per heavy atom. The first-order chi connectivity index (χ1) is 16.0. The van der Waals surface area contributed by atoms with Crippen LogP contribution in [0.25, 0.3) is 11.3 Å². The molecule has 0 bridgehead atoms. The van der Waals surface area contributed by atoms with Gasteiger partial charge in [-0.3, -0.25) is 9.59 Å². The number of carbonyl (C=O) groups is 1. The fourth-order valence-corrected chi connectivity index (χ4v) is 3.81. The molecule has 33 heavy (non-hydrogen) atoms. The maximum Gasteiger partial charge on any atom is 0.267 e. The molecule has 1 amide bonds. The minimum Gasteiger partial charge on any atom is -0.497 e. The number of anilines is 1. The molecule has 0 aliphatic carbocycles. The molecule has 1 aliphatic heterocycles. The SMILES string of the molecule is COc1ccc(OC)c(-c2ccc(=O)n(CC(=O)N3CCN(c4ccc(F)cc4)CC3)n2)c1. The summed E-state index contributed by atoms with van der Waals surface area (Å²) < 4.78 is 25.0. The van der Waals surface area contributed by atoms with Crippen molar-refractivity contribution in [2.75, 3.05) is 45.3 Å². The third kappa shape index (κ3) is 4.97. The predicted octanol–water partition coefficient (Wildman–Crippen LogP) is 2.42. The normalized spacial score (nSPS) is 13.7. The van der Waals surface area contributed by atoms with Crippen molar-refractivity contribution in [2.24, 2.45) is 0 Å². The first-order valence-electron chi connectivity index (χ1n) is 10.6. The molecule has 0 unspecified atom stereocenters. The minimum absolute atomic E-state index is 0.157. The highest BCUT2D eigenvalue weighted by Crippen LogP contribution is 2.31. The number of benzene rings is 2. The lowest BCUT2D eigenvalue weighted by molar-refractivity contribution is -0.132. The second-order valence-corrected chi connectivity index (χ2v) is 7.62. The first-order valence-corrected chi connectivity index (χ1v) is 10.6. The van der Waals surface area contributed by atoms with E-state index in [9.17, 15) is 14.0 Å². The lowest BCUT2D eigenvalue weighted by Gasteiger charge is -2.36. The smallest absolute Gasteiger partial charge is 0.267 e. The van der Waals surface area contributed by atoms with Crippen molar-refractivity contribution in [3.8, 4) is 22.8 Å². The first kappa shape index (κ1) is 22.3.